The number of para-hydroxylation sites is 1. The lowest BCUT2D eigenvalue weighted by Crippen LogP contribution is -2.35. The first-order valence-electron chi connectivity index (χ1n) is 20.9. The molecular weight excluding hydrogens is 743 g/mol. The van der Waals surface area contributed by atoms with Crippen LogP contribution in [0, 0.1) is 0 Å². The van der Waals surface area contributed by atoms with Crippen molar-refractivity contribution >= 4 is 12.2 Å². The molecule has 1 unspecified atom stereocenters. The summed E-state index contributed by atoms with van der Waals surface area (Å²) in [5, 5.41) is 0. The molecule has 0 bridgehead atoms. The molecule has 1 atom stereocenters. The number of benzene rings is 7. The zero-order valence-corrected chi connectivity index (χ0v) is 33.8. The van der Waals surface area contributed by atoms with Crippen molar-refractivity contribution < 1.29 is 4.74 Å². The number of nitrogens with zero attached hydrogens (tertiary/aromatic N) is 3. The van der Waals surface area contributed by atoms with E-state index in [1.54, 1.807) is 6.20 Å². The minimum atomic E-state index is -0.730. The van der Waals surface area contributed by atoms with Crippen LogP contribution in [0.1, 0.15) is 58.4 Å². The van der Waals surface area contributed by atoms with Gasteiger partial charge in [0.1, 0.15) is 11.5 Å². The van der Waals surface area contributed by atoms with Gasteiger partial charge in [-0.2, -0.15) is 0 Å². The molecule has 288 valence electrons. The molecule has 3 heterocycles. The molecule has 0 saturated carbocycles. The van der Waals surface area contributed by atoms with Crippen LogP contribution < -0.4 is 4.74 Å². The normalized spacial score (nSPS) is 16.0. The van der Waals surface area contributed by atoms with Crippen LogP contribution in [0.15, 0.2) is 188 Å². The van der Waals surface area contributed by atoms with Gasteiger partial charge in [0.2, 0.25) is 0 Å². The standard InChI is InChI=1S/C57H39N3O/c1-56(2)46-19-9-7-17-43(46)44-32-50-54(33-49(44)56)61-53-21-11-10-20-47(53)57(50)45-18-8-6-13-37(45)24-25-38-26-29-41(31-48(38)57)52-34-51(39-14-4-3-5-15-39)59-55(60-52)40-27-22-36(23-28-40)42-16-12-30-58-35-42/h3-35H,1-2H3. The van der Waals surface area contributed by atoms with Gasteiger partial charge in [0, 0.05) is 45.6 Å². The first-order chi connectivity index (χ1) is 30.0. The van der Waals surface area contributed by atoms with Gasteiger partial charge in [0.05, 0.1) is 16.8 Å². The highest BCUT2D eigenvalue weighted by atomic mass is 16.5. The minimum absolute atomic E-state index is 0.178. The molecule has 4 heteroatoms. The molecule has 2 aromatic heterocycles. The maximum absolute atomic E-state index is 7.03. The summed E-state index contributed by atoms with van der Waals surface area (Å²) < 4.78 is 7.03. The molecule has 3 aliphatic rings. The Kier molecular flexibility index (Phi) is 7.76. The van der Waals surface area contributed by atoms with E-state index in [1.807, 2.05) is 18.3 Å². The van der Waals surface area contributed by atoms with Gasteiger partial charge < -0.3 is 4.74 Å². The monoisotopic (exact) mass is 781 g/mol. The van der Waals surface area contributed by atoms with Gasteiger partial charge >= 0.3 is 0 Å². The number of hydrogen-bond donors (Lipinski definition) is 0. The van der Waals surface area contributed by atoms with E-state index in [9.17, 15) is 0 Å². The third-order valence-corrected chi connectivity index (χ3v) is 13.1. The highest BCUT2D eigenvalue weighted by Gasteiger charge is 2.49. The van der Waals surface area contributed by atoms with Crippen molar-refractivity contribution in [2.45, 2.75) is 24.7 Å². The molecule has 4 nitrogen and oxygen atoms in total. The number of ether oxygens (including phenoxy) is 1. The molecular formula is C57H39N3O. The molecule has 0 amide bonds. The lowest BCUT2D eigenvalue weighted by atomic mass is 9.61. The van der Waals surface area contributed by atoms with Crippen molar-refractivity contribution in [2.24, 2.45) is 0 Å². The molecule has 7 aromatic carbocycles. The van der Waals surface area contributed by atoms with Crippen molar-refractivity contribution in [2.75, 3.05) is 0 Å². The Labute approximate surface area is 355 Å². The first-order valence-corrected chi connectivity index (χ1v) is 20.9. The number of aromatic nitrogens is 3. The van der Waals surface area contributed by atoms with Gasteiger partial charge in [0.15, 0.2) is 5.82 Å². The zero-order chi connectivity index (χ0) is 40.7. The van der Waals surface area contributed by atoms with Crippen molar-refractivity contribution in [1.29, 1.82) is 0 Å². The fraction of sp³-hybridized carbons (Fsp3) is 0.0702. The summed E-state index contributed by atoms with van der Waals surface area (Å²) in [6.07, 6.45) is 8.24. The average Bonchev–Trinajstić information content (AvgIpc) is 3.44. The summed E-state index contributed by atoms with van der Waals surface area (Å²) in [5.41, 5.74) is 18.1. The fourth-order valence-electron chi connectivity index (χ4n) is 10.1. The Morgan fingerprint density at radius 2 is 1.07 bits per heavy atom. The predicted molar refractivity (Wildman–Crippen MR) is 246 cm³/mol. The summed E-state index contributed by atoms with van der Waals surface area (Å²) in [5.74, 6) is 2.42. The van der Waals surface area contributed by atoms with E-state index in [4.69, 9.17) is 14.7 Å². The Bertz CT molecular complexity index is 3240. The SMILES string of the molecule is CC1(C)c2ccccc2-c2cc3c(cc21)Oc1ccccc1C31c2ccccc2C=Cc2ccc(-c3cc(-c4ccccc4)nc(-c4ccc(-c5cccnc5)cc4)n3)cc21. The van der Waals surface area contributed by atoms with Crippen LogP contribution >= 0.6 is 0 Å². The highest BCUT2D eigenvalue weighted by Crippen LogP contribution is 2.61. The molecule has 0 radical (unpaired) electrons. The second kappa shape index (κ2) is 13.4. The van der Waals surface area contributed by atoms with Gasteiger partial charge in [0.25, 0.3) is 0 Å². The van der Waals surface area contributed by atoms with E-state index in [-0.39, 0.29) is 5.41 Å². The van der Waals surface area contributed by atoms with Crippen LogP contribution in [0.4, 0.5) is 0 Å². The van der Waals surface area contributed by atoms with Crippen LogP contribution in [-0.2, 0) is 10.8 Å². The summed E-state index contributed by atoms with van der Waals surface area (Å²) in [6, 6.07) is 63.0. The van der Waals surface area contributed by atoms with Crippen molar-refractivity contribution in [1.82, 2.24) is 15.0 Å². The van der Waals surface area contributed by atoms with Crippen molar-refractivity contribution in [3.8, 4) is 67.7 Å². The number of fused-ring (bicyclic) bond motifs is 11. The largest absolute Gasteiger partial charge is 0.457 e. The molecule has 12 rings (SSSR count). The van der Waals surface area contributed by atoms with Gasteiger partial charge in [-0.25, -0.2) is 9.97 Å². The molecule has 0 N–H and O–H groups in total. The second-order valence-corrected chi connectivity index (χ2v) is 16.8. The Balaban J connectivity index is 1.12. The highest BCUT2D eigenvalue weighted by molar-refractivity contribution is 5.89. The number of rotatable bonds is 4. The van der Waals surface area contributed by atoms with Gasteiger partial charge in [-0.3, -0.25) is 4.98 Å². The molecule has 1 spiro atoms. The Morgan fingerprint density at radius 1 is 0.410 bits per heavy atom. The maximum Gasteiger partial charge on any atom is 0.160 e. The molecule has 9 aromatic rings. The van der Waals surface area contributed by atoms with Crippen molar-refractivity contribution in [3.05, 3.63) is 233 Å². The van der Waals surface area contributed by atoms with Gasteiger partial charge in [-0.15, -0.1) is 0 Å². The lowest BCUT2D eigenvalue weighted by Gasteiger charge is -2.43. The van der Waals surface area contributed by atoms with E-state index in [1.165, 1.54) is 38.9 Å². The minimum Gasteiger partial charge on any atom is -0.457 e. The number of hydrogen-bond acceptors (Lipinski definition) is 4. The quantitative estimate of drug-likeness (QED) is 0.178. The van der Waals surface area contributed by atoms with E-state index in [2.05, 4.69) is 195 Å². The second-order valence-electron chi connectivity index (χ2n) is 16.8. The van der Waals surface area contributed by atoms with Crippen LogP contribution in [0.2, 0.25) is 0 Å². The third kappa shape index (κ3) is 5.35. The average molecular weight is 782 g/mol. The van der Waals surface area contributed by atoms with E-state index in [0.717, 1.165) is 67.4 Å². The fourth-order valence-corrected chi connectivity index (χ4v) is 10.1. The van der Waals surface area contributed by atoms with E-state index < -0.39 is 5.41 Å². The Morgan fingerprint density at radius 3 is 1.87 bits per heavy atom. The van der Waals surface area contributed by atoms with E-state index >= 15 is 0 Å². The molecule has 0 fully saturated rings. The van der Waals surface area contributed by atoms with E-state index in [0.29, 0.717) is 5.82 Å². The Hall–Kier alpha value is -7.69. The summed E-state index contributed by atoms with van der Waals surface area (Å²) in [4.78, 5) is 14.9. The molecule has 61 heavy (non-hydrogen) atoms. The summed E-state index contributed by atoms with van der Waals surface area (Å²) in [7, 11) is 0. The topological polar surface area (TPSA) is 47.9 Å². The zero-order valence-electron chi connectivity index (χ0n) is 33.8. The summed E-state index contributed by atoms with van der Waals surface area (Å²) >= 11 is 0. The van der Waals surface area contributed by atoms with Crippen molar-refractivity contribution in [3.63, 3.8) is 0 Å². The summed E-state index contributed by atoms with van der Waals surface area (Å²) in [6.45, 7) is 4.66. The molecule has 0 saturated heterocycles. The smallest absolute Gasteiger partial charge is 0.160 e. The van der Waals surface area contributed by atoms with Crippen LogP contribution in [0.25, 0.3) is 68.3 Å². The lowest BCUT2D eigenvalue weighted by molar-refractivity contribution is 0.433. The molecule has 2 aliphatic carbocycles. The predicted octanol–water partition coefficient (Wildman–Crippen LogP) is 13.8. The molecule has 1 aliphatic heterocycles. The number of pyridine rings is 1. The van der Waals surface area contributed by atoms with Crippen LogP contribution in [0.3, 0.4) is 0 Å². The first kappa shape index (κ1) is 35.3. The van der Waals surface area contributed by atoms with Crippen LogP contribution in [-0.4, -0.2) is 15.0 Å². The maximum atomic E-state index is 7.03. The van der Waals surface area contributed by atoms with Crippen LogP contribution in [0.5, 0.6) is 11.5 Å². The third-order valence-electron chi connectivity index (χ3n) is 13.1. The van der Waals surface area contributed by atoms with Gasteiger partial charge in [-0.1, -0.05) is 166 Å². The van der Waals surface area contributed by atoms with Gasteiger partial charge in [-0.05, 0) is 92.0 Å².